The topological polar surface area (TPSA) is 38.3 Å². The predicted octanol–water partition coefficient (Wildman–Crippen LogP) is 4.04. The molecule has 1 fully saturated rings. The van der Waals surface area contributed by atoms with Crippen molar-refractivity contribution in [3.05, 3.63) is 35.9 Å². The number of hydrogen-bond acceptors (Lipinski definition) is 2. The van der Waals surface area contributed by atoms with Gasteiger partial charge in [-0.3, -0.25) is 4.79 Å². The van der Waals surface area contributed by atoms with Crippen LogP contribution in [0.1, 0.15) is 45.6 Å². The van der Waals surface area contributed by atoms with Crippen molar-refractivity contribution in [1.82, 2.24) is 5.32 Å². The number of carbonyl (C=O) groups is 1. The highest BCUT2D eigenvalue weighted by molar-refractivity contribution is 5.91. The minimum atomic E-state index is -0.0222. The Kier molecular flexibility index (Phi) is 5.64. The van der Waals surface area contributed by atoms with Gasteiger partial charge >= 0.3 is 0 Å². The molecule has 1 saturated carbocycles. The normalized spacial score (nSPS) is 19.1. The van der Waals surface area contributed by atoms with Crippen LogP contribution in [0.2, 0.25) is 0 Å². The SMILES string of the molecule is CCCCOc1ccc(/C=C/C(=O)NC[C@H]2CC2(C)C)cc1. The number of carbonyl (C=O) groups excluding carboxylic acids is 1. The van der Waals surface area contributed by atoms with Gasteiger partial charge in [0, 0.05) is 12.6 Å². The molecule has 0 heterocycles. The number of rotatable bonds is 8. The summed E-state index contributed by atoms with van der Waals surface area (Å²) < 4.78 is 5.61. The fourth-order valence-electron chi connectivity index (χ4n) is 2.39. The summed E-state index contributed by atoms with van der Waals surface area (Å²) in [5, 5.41) is 2.97. The zero-order valence-electron chi connectivity index (χ0n) is 13.9. The highest BCUT2D eigenvalue weighted by Crippen LogP contribution is 2.50. The van der Waals surface area contributed by atoms with Gasteiger partial charge in [-0.25, -0.2) is 0 Å². The monoisotopic (exact) mass is 301 g/mol. The Labute approximate surface area is 133 Å². The summed E-state index contributed by atoms with van der Waals surface area (Å²) in [6.45, 7) is 8.16. The third-order valence-corrected chi connectivity index (χ3v) is 4.31. The first-order valence-electron chi connectivity index (χ1n) is 8.20. The Morgan fingerprint density at radius 2 is 2.05 bits per heavy atom. The van der Waals surface area contributed by atoms with Gasteiger partial charge in [-0.2, -0.15) is 0 Å². The van der Waals surface area contributed by atoms with E-state index < -0.39 is 0 Å². The first kappa shape index (κ1) is 16.6. The summed E-state index contributed by atoms with van der Waals surface area (Å²) in [5.74, 6) is 1.49. The molecule has 1 atom stereocenters. The van der Waals surface area contributed by atoms with Crippen molar-refractivity contribution in [2.45, 2.75) is 40.0 Å². The van der Waals surface area contributed by atoms with Crippen molar-refractivity contribution >= 4 is 12.0 Å². The summed E-state index contributed by atoms with van der Waals surface area (Å²) in [6.07, 6.45) is 6.84. The molecule has 3 heteroatoms. The Hall–Kier alpha value is -1.77. The highest BCUT2D eigenvalue weighted by atomic mass is 16.5. The van der Waals surface area contributed by atoms with E-state index >= 15 is 0 Å². The molecule has 0 aromatic heterocycles. The van der Waals surface area contributed by atoms with Gasteiger partial charge in [0.25, 0.3) is 0 Å². The number of amides is 1. The second-order valence-electron chi connectivity index (χ2n) is 6.74. The van der Waals surface area contributed by atoms with Gasteiger partial charge in [0.2, 0.25) is 5.91 Å². The maximum atomic E-state index is 11.8. The summed E-state index contributed by atoms with van der Waals surface area (Å²) >= 11 is 0. The molecule has 1 aromatic carbocycles. The van der Waals surface area contributed by atoms with Crippen molar-refractivity contribution in [3.63, 3.8) is 0 Å². The van der Waals surface area contributed by atoms with Crippen LogP contribution in [-0.4, -0.2) is 19.1 Å². The molecule has 0 spiro atoms. The third kappa shape index (κ3) is 5.21. The molecule has 120 valence electrons. The Morgan fingerprint density at radius 1 is 1.36 bits per heavy atom. The fraction of sp³-hybridized carbons (Fsp3) is 0.526. The number of ether oxygens (including phenoxy) is 1. The van der Waals surface area contributed by atoms with Gasteiger partial charge in [0.1, 0.15) is 5.75 Å². The molecule has 1 aliphatic rings. The average Bonchev–Trinajstić information content (AvgIpc) is 3.12. The maximum absolute atomic E-state index is 11.8. The minimum absolute atomic E-state index is 0.0222. The predicted molar refractivity (Wildman–Crippen MR) is 90.8 cm³/mol. The lowest BCUT2D eigenvalue weighted by Gasteiger charge is -2.05. The molecule has 1 amide bonds. The molecule has 1 aliphatic carbocycles. The van der Waals surface area contributed by atoms with E-state index in [2.05, 4.69) is 26.1 Å². The summed E-state index contributed by atoms with van der Waals surface area (Å²) in [5.41, 5.74) is 1.41. The van der Waals surface area contributed by atoms with E-state index in [0.717, 1.165) is 37.3 Å². The van der Waals surface area contributed by atoms with E-state index in [0.29, 0.717) is 11.3 Å². The molecule has 0 unspecified atom stereocenters. The Bertz CT molecular complexity index is 517. The summed E-state index contributed by atoms with van der Waals surface area (Å²) in [4.78, 5) is 11.8. The fourth-order valence-corrected chi connectivity index (χ4v) is 2.39. The van der Waals surface area contributed by atoms with E-state index in [4.69, 9.17) is 4.74 Å². The van der Waals surface area contributed by atoms with Crippen molar-refractivity contribution in [2.75, 3.05) is 13.2 Å². The Morgan fingerprint density at radius 3 is 2.64 bits per heavy atom. The van der Waals surface area contributed by atoms with E-state index in [-0.39, 0.29) is 5.91 Å². The molecule has 1 N–H and O–H groups in total. The quantitative estimate of drug-likeness (QED) is 0.581. The van der Waals surface area contributed by atoms with Crippen LogP contribution in [-0.2, 0) is 4.79 Å². The Balaban J connectivity index is 1.73. The van der Waals surface area contributed by atoms with Crippen molar-refractivity contribution in [1.29, 1.82) is 0 Å². The van der Waals surface area contributed by atoms with E-state index in [9.17, 15) is 4.79 Å². The molecule has 22 heavy (non-hydrogen) atoms. The van der Waals surface area contributed by atoms with Crippen LogP contribution < -0.4 is 10.1 Å². The summed E-state index contributed by atoms with van der Waals surface area (Å²) in [6, 6.07) is 7.82. The van der Waals surface area contributed by atoms with Crippen LogP contribution in [0.25, 0.3) is 6.08 Å². The van der Waals surface area contributed by atoms with Crippen LogP contribution in [0.3, 0.4) is 0 Å². The second-order valence-corrected chi connectivity index (χ2v) is 6.74. The lowest BCUT2D eigenvalue weighted by molar-refractivity contribution is -0.116. The van der Waals surface area contributed by atoms with Gasteiger partial charge in [-0.05, 0) is 47.9 Å². The first-order chi connectivity index (χ1) is 10.5. The van der Waals surface area contributed by atoms with Crippen LogP contribution in [0.5, 0.6) is 5.75 Å². The van der Waals surface area contributed by atoms with E-state index in [1.165, 1.54) is 6.42 Å². The van der Waals surface area contributed by atoms with Crippen LogP contribution in [0, 0.1) is 11.3 Å². The lowest BCUT2D eigenvalue weighted by atomic mass is 10.1. The van der Waals surface area contributed by atoms with Gasteiger partial charge in [-0.15, -0.1) is 0 Å². The minimum Gasteiger partial charge on any atom is -0.494 e. The second kappa shape index (κ2) is 7.48. The molecular weight excluding hydrogens is 274 g/mol. The number of hydrogen-bond donors (Lipinski definition) is 1. The number of nitrogens with one attached hydrogen (secondary N) is 1. The third-order valence-electron chi connectivity index (χ3n) is 4.31. The molecule has 0 radical (unpaired) electrons. The highest BCUT2D eigenvalue weighted by Gasteiger charge is 2.45. The molecule has 0 saturated heterocycles. The molecule has 0 aliphatic heterocycles. The van der Waals surface area contributed by atoms with Crippen LogP contribution >= 0.6 is 0 Å². The van der Waals surface area contributed by atoms with Gasteiger partial charge in [0.15, 0.2) is 0 Å². The first-order valence-corrected chi connectivity index (χ1v) is 8.20. The molecule has 0 bridgehead atoms. The maximum Gasteiger partial charge on any atom is 0.244 e. The van der Waals surface area contributed by atoms with Crippen molar-refractivity contribution in [2.24, 2.45) is 11.3 Å². The van der Waals surface area contributed by atoms with Gasteiger partial charge in [-0.1, -0.05) is 39.3 Å². The average molecular weight is 301 g/mol. The lowest BCUT2D eigenvalue weighted by Crippen LogP contribution is -2.24. The van der Waals surface area contributed by atoms with Crippen molar-refractivity contribution < 1.29 is 9.53 Å². The largest absolute Gasteiger partial charge is 0.494 e. The van der Waals surface area contributed by atoms with Crippen molar-refractivity contribution in [3.8, 4) is 5.75 Å². The molecule has 3 nitrogen and oxygen atoms in total. The van der Waals surface area contributed by atoms with Crippen LogP contribution in [0.4, 0.5) is 0 Å². The zero-order valence-corrected chi connectivity index (χ0v) is 13.9. The van der Waals surface area contributed by atoms with E-state index in [1.54, 1.807) is 6.08 Å². The zero-order chi connectivity index (χ0) is 16.0. The van der Waals surface area contributed by atoms with Crippen LogP contribution in [0.15, 0.2) is 30.3 Å². The van der Waals surface area contributed by atoms with E-state index in [1.807, 2.05) is 30.3 Å². The standard InChI is InChI=1S/C19H27NO2/c1-4-5-12-22-17-9-6-15(7-10-17)8-11-18(21)20-14-16-13-19(16,2)3/h6-11,16H,4-5,12-14H2,1-3H3,(H,20,21)/b11-8+/t16-/m1/s1. The van der Waals surface area contributed by atoms with Gasteiger partial charge < -0.3 is 10.1 Å². The number of unbranched alkanes of at least 4 members (excludes halogenated alkanes) is 1. The number of benzene rings is 1. The smallest absolute Gasteiger partial charge is 0.244 e. The molecular formula is C19H27NO2. The molecule has 2 rings (SSSR count). The van der Waals surface area contributed by atoms with Gasteiger partial charge in [0.05, 0.1) is 6.61 Å². The summed E-state index contributed by atoms with van der Waals surface area (Å²) in [7, 11) is 0. The molecule has 1 aromatic rings.